The second-order valence-electron chi connectivity index (χ2n) is 5.11. The lowest BCUT2D eigenvalue weighted by molar-refractivity contribution is -0.148. The molecule has 9 heteroatoms. The summed E-state index contributed by atoms with van der Waals surface area (Å²) >= 11 is 0. The molecule has 0 aromatic rings. The topological polar surface area (TPSA) is 130 Å². The number of nitrogens with zero attached hydrogens (tertiary/aromatic N) is 1. The van der Waals surface area contributed by atoms with Crippen LogP contribution in [0.1, 0.15) is 26.2 Å². The standard InChI is InChI=1S/C11H21N3O5S/c1-2-3-11(9(15)16)4-6-14(8-11)10(17)13-5-7-20(12,18)19/h2-8H2,1H3,(H,13,17)(H,15,16)(H2,12,18,19). The average molecular weight is 307 g/mol. The van der Waals surface area contributed by atoms with Crippen LogP contribution < -0.4 is 10.5 Å². The lowest BCUT2D eigenvalue weighted by atomic mass is 9.83. The summed E-state index contributed by atoms with van der Waals surface area (Å²) in [5.74, 6) is -1.23. The van der Waals surface area contributed by atoms with E-state index < -0.39 is 27.4 Å². The molecule has 1 unspecified atom stereocenters. The van der Waals surface area contributed by atoms with E-state index in [0.29, 0.717) is 19.4 Å². The lowest BCUT2D eigenvalue weighted by Crippen LogP contribution is -2.43. The van der Waals surface area contributed by atoms with Gasteiger partial charge in [-0.05, 0) is 12.8 Å². The van der Waals surface area contributed by atoms with Crippen LogP contribution in [0.3, 0.4) is 0 Å². The van der Waals surface area contributed by atoms with Crippen molar-refractivity contribution < 1.29 is 23.1 Å². The van der Waals surface area contributed by atoms with Gasteiger partial charge in [-0.1, -0.05) is 13.3 Å². The molecule has 1 heterocycles. The molecule has 1 fully saturated rings. The molecule has 1 aliphatic heterocycles. The van der Waals surface area contributed by atoms with E-state index in [1.54, 1.807) is 0 Å². The van der Waals surface area contributed by atoms with Crippen molar-refractivity contribution in [2.24, 2.45) is 10.6 Å². The third kappa shape index (κ3) is 4.34. The highest BCUT2D eigenvalue weighted by molar-refractivity contribution is 7.89. The van der Waals surface area contributed by atoms with Crippen molar-refractivity contribution in [3.8, 4) is 0 Å². The number of rotatable bonds is 6. The first-order valence-corrected chi connectivity index (χ1v) is 8.18. The third-order valence-corrected chi connectivity index (χ3v) is 4.26. The zero-order valence-corrected chi connectivity index (χ0v) is 12.3. The van der Waals surface area contributed by atoms with Crippen LogP contribution in [0.2, 0.25) is 0 Å². The molecular formula is C11H21N3O5S. The van der Waals surface area contributed by atoms with Crippen LogP contribution in [0.25, 0.3) is 0 Å². The SMILES string of the molecule is CCCC1(C(=O)O)CCN(C(=O)NCCS(N)(=O)=O)C1. The van der Waals surface area contributed by atoms with Gasteiger partial charge in [0.15, 0.2) is 0 Å². The second-order valence-corrected chi connectivity index (χ2v) is 6.84. The fourth-order valence-electron chi connectivity index (χ4n) is 2.42. The number of carboxylic acids is 1. The van der Waals surface area contributed by atoms with Crippen LogP contribution in [0, 0.1) is 5.41 Å². The maximum absolute atomic E-state index is 11.8. The van der Waals surface area contributed by atoms with Gasteiger partial charge in [0, 0.05) is 19.6 Å². The monoisotopic (exact) mass is 307 g/mol. The minimum Gasteiger partial charge on any atom is -0.481 e. The predicted octanol–water partition coefficient (Wildman–Crippen LogP) is -0.439. The Morgan fingerprint density at radius 1 is 1.45 bits per heavy atom. The van der Waals surface area contributed by atoms with Gasteiger partial charge in [-0.25, -0.2) is 18.4 Å². The van der Waals surface area contributed by atoms with Gasteiger partial charge in [0.05, 0.1) is 11.2 Å². The summed E-state index contributed by atoms with van der Waals surface area (Å²) in [6.45, 7) is 2.33. The van der Waals surface area contributed by atoms with Crippen LogP contribution in [0.4, 0.5) is 4.79 Å². The Labute approximate surface area is 118 Å². The zero-order chi connectivity index (χ0) is 15.4. The number of aliphatic carboxylic acids is 1. The fraction of sp³-hybridized carbons (Fsp3) is 0.818. The van der Waals surface area contributed by atoms with Gasteiger partial charge in [0.2, 0.25) is 10.0 Å². The van der Waals surface area contributed by atoms with Crippen molar-refractivity contribution in [1.82, 2.24) is 10.2 Å². The van der Waals surface area contributed by atoms with Crippen molar-refractivity contribution >= 4 is 22.0 Å². The molecule has 0 aromatic heterocycles. The normalized spacial score (nSPS) is 22.8. The first-order valence-electron chi connectivity index (χ1n) is 6.47. The van der Waals surface area contributed by atoms with E-state index in [0.717, 1.165) is 6.42 Å². The van der Waals surface area contributed by atoms with Crippen LogP contribution in [0.5, 0.6) is 0 Å². The van der Waals surface area contributed by atoms with E-state index in [-0.39, 0.29) is 18.8 Å². The fourth-order valence-corrected chi connectivity index (χ4v) is 2.81. The number of carbonyl (C=O) groups excluding carboxylic acids is 1. The number of likely N-dealkylation sites (tertiary alicyclic amines) is 1. The van der Waals surface area contributed by atoms with E-state index in [1.807, 2.05) is 6.92 Å². The summed E-state index contributed by atoms with van der Waals surface area (Å²) in [7, 11) is -3.62. The number of urea groups is 1. The molecule has 0 bridgehead atoms. The molecule has 1 aliphatic rings. The van der Waals surface area contributed by atoms with Crippen LogP contribution in [-0.2, 0) is 14.8 Å². The molecule has 0 aliphatic carbocycles. The number of hydrogen-bond donors (Lipinski definition) is 3. The largest absolute Gasteiger partial charge is 0.481 e. The van der Waals surface area contributed by atoms with Crippen molar-refractivity contribution in [3.05, 3.63) is 0 Å². The first-order chi connectivity index (χ1) is 9.20. The number of sulfonamides is 1. The molecule has 0 spiro atoms. The van der Waals surface area contributed by atoms with Gasteiger partial charge in [-0.15, -0.1) is 0 Å². The summed E-state index contributed by atoms with van der Waals surface area (Å²) in [4.78, 5) is 24.6. The summed E-state index contributed by atoms with van der Waals surface area (Å²) < 4.78 is 21.5. The van der Waals surface area contributed by atoms with E-state index in [1.165, 1.54) is 4.90 Å². The molecule has 1 rings (SSSR count). The van der Waals surface area contributed by atoms with Crippen molar-refractivity contribution in [2.45, 2.75) is 26.2 Å². The molecular weight excluding hydrogens is 286 g/mol. The molecule has 1 atom stereocenters. The Kier molecular flexibility index (Phi) is 5.35. The molecule has 8 nitrogen and oxygen atoms in total. The van der Waals surface area contributed by atoms with Gasteiger partial charge >= 0.3 is 12.0 Å². The Hall–Kier alpha value is -1.35. The van der Waals surface area contributed by atoms with E-state index in [2.05, 4.69) is 5.32 Å². The molecule has 1 saturated heterocycles. The summed E-state index contributed by atoms with van der Waals surface area (Å²) in [5, 5.41) is 16.6. The number of primary sulfonamides is 1. The van der Waals surface area contributed by atoms with Gasteiger partial charge < -0.3 is 15.3 Å². The number of amides is 2. The van der Waals surface area contributed by atoms with Crippen molar-refractivity contribution in [1.29, 1.82) is 0 Å². The number of nitrogens with one attached hydrogen (secondary N) is 1. The van der Waals surface area contributed by atoms with E-state index in [9.17, 15) is 23.1 Å². The zero-order valence-electron chi connectivity index (χ0n) is 11.5. The summed E-state index contributed by atoms with van der Waals surface area (Å²) in [5.41, 5.74) is -0.883. The maximum atomic E-state index is 11.8. The van der Waals surface area contributed by atoms with Crippen LogP contribution >= 0.6 is 0 Å². The van der Waals surface area contributed by atoms with Crippen LogP contribution in [0.15, 0.2) is 0 Å². The predicted molar refractivity (Wildman–Crippen MR) is 72.5 cm³/mol. The molecule has 2 amide bonds. The number of carbonyl (C=O) groups is 2. The van der Waals surface area contributed by atoms with Gasteiger partial charge in [-0.3, -0.25) is 4.79 Å². The average Bonchev–Trinajstić information content (AvgIpc) is 2.73. The minimum absolute atomic E-state index is 0.0813. The van der Waals surface area contributed by atoms with Crippen LogP contribution in [-0.4, -0.2) is 55.8 Å². The van der Waals surface area contributed by atoms with Gasteiger partial charge in [-0.2, -0.15) is 0 Å². The number of nitrogens with two attached hydrogens (primary N) is 1. The quantitative estimate of drug-likeness (QED) is 0.612. The molecule has 0 radical (unpaired) electrons. The van der Waals surface area contributed by atoms with Crippen molar-refractivity contribution in [2.75, 3.05) is 25.4 Å². The number of hydrogen-bond acceptors (Lipinski definition) is 4. The van der Waals surface area contributed by atoms with Gasteiger partial charge in [0.1, 0.15) is 0 Å². The van der Waals surface area contributed by atoms with E-state index in [4.69, 9.17) is 5.14 Å². The molecule has 4 N–H and O–H groups in total. The summed E-state index contributed by atoms with van der Waals surface area (Å²) in [6, 6.07) is -0.451. The Bertz CT molecular complexity index is 478. The molecule has 0 saturated carbocycles. The third-order valence-electron chi connectivity index (χ3n) is 3.49. The number of carboxylic acid groups (broad SMARTS) is 1. The smallest absolute Gasteiger partial charge is 0.317 e. The Balaban J connectivity index is 2.54. The lowest BCUT2D eigenvalue weighted by Gasteiger charge is -2.24. The molecule has 0 aromatic carbocycles. The summed E-state index contributed by atoms with van der Waals surface area (Å²) in [6.07, 6.45) is 1.66. The first kappa shape index (κ1) is 16.7. The highest BCUT2D eigenvalue weighted by Crippen LogP contribution is 2.35. The Morgan fingerprint density at radius 2 is 2.10 bits per heavy atom. The van der Waals surface area contributed by atoms with Crippen molar-refractivity contribution in [3.63, 3.8) is 0 Å². The molecule has 116 valence electrons. The van der Waals surface area contributed by atoms with Gasteiger partial charge in [0.25, 0.3) is 0 Å². The maximum Gasteiger partial charge on any atom is 0.317 e. The highest BCUT2D eigenvalue weighted by atomic mass is 32.2. The Morgan fingerprint density at radius 3 is 2.60 bits per heavy atom. The minimum atomic E-state index is -3.62. The second kappa shape index (κ2) is 6.40. The molecule has 20 heavy (non-hydrogen) atoms. The highest BCUT2D eigenvalue weighted by Gasteiger charge is 2.45. The van der Waals surface area contributed by atoms with E-state index >= 15 is 0 Å².